The molecule has 17 heavy (non-hydrogen) atoms. The average Bonchev–Trinajstić information content (AvgIpc) is 2.63. The summed E-state index contributed by atoms with van der Waals surface area (Å²) in [5.74, 6) is 1.53. The second-order valence-electron chi connectivity index (χ2n) is 5.39. The molecule has 3 heteroatoms. The van der Waals surface area contributed by atoms with Gasteiger partial charge in [-0.2, -0.15) is 0 Å². The highest BCUT2D eigenvalue weighted by molar-refractivity contribution is 5.18. The average molecular weight is 233 g/mol. The van der Waals surface area contributed by atoms with E-state index in [1.165, 1.54) is 5.56 Å². The first-order valence-corrected chi connectivity index (χ1v) is 6.48. The Kier molecular flexibility index (Phi) is 3.79. The predicted octanol–water partition coefficient (Wildman–Crippen LogP) is 1.98. The van der Waals surface area contributed by atoms with Crippen LogP contribution in [0.4, 0.5) is 0 Å². The minimum absolute atomic E-state index is 0.329. The topological polar surface area (TPSA) is 42.1 Å². The molecule has 1 saturated heterocycles. The number of likely N-dealkylation sites (tertiary alicyclic amines) is 1. The summed E-state index contributed by atoms with van der Waals surface area (Å²) in [6.45, 7) is 9.64. The Bertz CT molecular complexity index is 350. The minimum Gasteiger partial charge on any atom is -0.329 e. The number of rotatable bonds is 3. The van der Waals surface area contributed by atoms with Gasteiger partial charge < -0.3 is 5.73 Å². The van der Waals surface area contributed by atoms with Crippen LogP contribution in [0, 0.1) is 18.8 Å². The van der Waals surface area contributed by atoms with Crippen LogP contribution in [0.2, 0.25) is 0 Å². The van der Waals surface area contributed by atoms with Gasteiger partial charge in [0.2, 0.25) is 0 Å². The molecular formula is C14H23N3. The van der Waals surface area contributed by atoms with E-state index in [9.17, 15) is 0 Å². The largest absolute Gasteiger partial charge is 0.329 e. The molecule has 0 radical (unpaired) electrons. The van der Waals surface area contributed by atoms with Crippen LogP contribution in [0.15, 0.2) is 18.3 Å². The third-order valence-corrected chi connectivity index (χ3v) is 4.00. The lowest BCUT2D eigenvalue weighted by Crippen LogP contribution is -2.32. The molecule has 3 atom stereocenters. The van der Waals surface area contributed by atoms with Crippen molar-refractivity contribution in [3.05, 3.63) is 29.6 Å². The van der Waals surface area contributed by atoms with E-state index in [2.05, 4.69) is 35.9 Å². The van der Waals surface area contributed by atoms with Gasteiger partial charge in [0.05, 0.1) is 0 Å². The molecule has 1 aliphatic heterocycles. The van der Waals surface area contributed by atoms with Crippen LogP contribution < -0.4 is 5.73 Å². The van der Waals surface area contributed by atoms with Crippen molar-refractivity contribution in [2.24, 2.45) is 17.6 Å². The first-order chi connectivity index (χ1) is 8.11. The van der Waals surface area contributed by atoms with Crippen molar-refractivity contribution in [1.29, 1.82) is 0 Å². The van der Waals surface area contributed by atoms with Crippen molar-refractivity contribution >= 4 is 0 Å². The van der Waals surface area contributed by atoms with Crippen LogP contribution in [-0.4, -0.2) is 29.5 Å². The molecule has 0 saturated carbocycles. The number of nitrogens with zero attached hydrogens (tertiary/aromatic N) is 2. The van der Waals surface area contributed by atoms with Gasteiger partial charge in [0.1, 0.15) is 0 Å². The molecule has 0 aliphatic carbocycles. The predicted molar refractivity (Wildman–Crippen MR) is 70.7 cm³/mol. The molecule has 0 bridgehead atoms. The SMILES string of the molecule is Cc1ccc(C(CN)N2CC(C)C(C)C2)cn1. The summed E-state index contributed by atoms with van der Waals surface area (Å²) in [6, 6.07) is 4.56. The summed E-state index contributed by atoms with van der Waals surface area (Å²) in [6.07, 6.45) is 1.97. The highest BCUT2D eigenvalue weighted by Crippen LogP contribution is 2.29. The van der Waals surface area contributed by atoms with Crippen LogP contribution in [0.1, 0.15) is 31.1 Å². The fourth-order valence-corrected chi connectivity index (χ4v) is 2.60. The van der Waals surface area contributed by atoms with E-state index in [1.54, 1.807) is 0 Å². The summed E-state index contributed by atoms with van der Waals surface area (Å²) in [5.41, 5.74) is 8.26. The van der Waals surface area contributed by atoms with Gasteiger partial charge in [-0.3, -0.25) is 9.88 Å². The van der Waals surface area contributed by atoms with E-state index in [0.29, 0.717) is 12.6 Å². The Hall–Kier alpha value is -0.930. The fourth-order valence-electron chi connectivity index (χ4n) is 2.60. The first-order valence-electron chi connectivity index (χ1n) is 6.48. The van der Waals surface area contributed by atoms with Gasteiger partial charge in [-0.1, -0.05) is 19.9 Å². The maximum Gasteiger partial charge on any atom is 0.0485 e. The van der Waals surface area contributed by atoms with Crippen molar-refractivity contribution in [1.82, 2.24) is 9.88 Å². The molecule has 1 aromatic rings. The maximum atomic E-state index is 5.94. The van der Waals surface area contributed by atoms with Gasteiger partial charge in [-0.25, -0.2) is 0 Å². The number of hydrogen-bond donors (Lipinski definition) is 1. The van der Waals surface area contributed by atoms with E-state index >= 15 is 0 Å². The molecule has 1 aliphatic rings. The lowest BCUT2D eigenvalue weighted by Gasteiger charge is -2.26. The highest BCUT2D eigenvalue weighted by atomic mass is 15.2. The Morgan fingerprint density at radius 3 is 2.47 bits per heavy atom. The monoisotopic (exact) mass is 233 g/mol. The second-order valence-corrected chi connectivity index (χ2v) is 5.39. The smallest absolute Gasteiger partial charge is 0.0485 e. The molecule has 1 aromatic heterocycles. The zero-order valence-corrected chi connectivity index (χ0v) is 11.1. The van der Waals surface area contributed by atoms with Crippen molar-refractivity contribution in [3.63, 3.8) is 0 Å². The summed E-state index contributed by atoms with van der Waals surface area (Å²) in [7, 11) is 0. The number of aryl methyl sites for hydroxylation is 1. The van der Waals surface area contributed by atoms with Gasteiger partial charge in [-0.15, -0.1) is 0 Å². The summed E-state index contributed by atoms with van der Waals surface area (Å²) in [4.78, 5) is 6.88. The van der Waals surface area contributed by atoms with Gasteiger partial charge in [-0.05, 0) is 30.4 Å². The van der Waals surface area contributed by atoms with Gasteiger partial charge in [0.15, 0.2) is 0 Å². The molecule has 2 rings (SSSR count). The molecule has 94 valence electrons. The Morgan fingerprint density at radius 2 is 2.00 bits per heavy atom. The first kappa shape index (κ1) is 12.5. The molecule has 1 fully saturated rings. The van der Waals surface area contributed by atoms with Crippen molar-refractivity contribution in [2.75, 3.05) is 19.6 Å². The van der Waals surface area contributed by atoms with Gasteiger partial charge in [0.25, 0.3) is 0 Å². The lowest BCUT2D eigenvalue weighted by molar-refractivity contribution is 0.239. The maximum absolute atomic E-state index is 5.94. The third kappa shape index (κ3) is 2.67. The fraction of sp³-hybridized carbons (Fsp3) is 0.643. The zero-order chi connectivity index (χ0) is 12.4. The van der Waals surface area contributed by atoms with E-state index in [0.717, 1.165) is 30.6 Å². The number of pyridine rings is 1. The Labute approximate surface area is 104 Å². The molecule has 3 unspecified atom stereocenters. The number of nitrogens with two attached hydrogens (primary N) is 1. The second kappa shape index (κ2) is 5.15. The molecule has 0 aromatic carbocycles. The zero-order valence-electron chi connectivity index (χ0n) is 11.1. The quantitative estimate of drug-likeness (QED) is 0.868. The minimum atomic E-state index is 0.329. The van der Waals surface area contributed by atoms with Gasteiger partial charge >= 0.3 is 0 Å². The summed E-state index contributed by atoms with van der Waals surface area (Å²) < 4.78 is 0. The van der Waals surface area contributed by atoms with Crippen LogP contribution in [-0.2, 0) is 0 Å². The van der Waals surface area contributed by atoms with Crippen LogP contribution in [0.5, 0.6) is 0 Å². The van der Waals surface area contributed by atoms with E-state index < -0.39 is 0 Å². The lowest BCUT2D eigenvalue weighted by atomic mass is 10.0. The molecule has 0 spiro atoms. The normalized spacial score (nSPS) is 27.3. The third-order valence-electron chi connectivity index (χ3n) is 4.00. The van der Waals surface area contributed by atoms with Crippen molar-refractivity contribution < 1.29 is 0 Å². The Balaban J connectivity index is 2.14. The van der Waals surface area contributed by atoms with E-state index in [4.69, 9.17) is 5.73 Å². The molecule has 3 nitrogen and oxygen atoms in total. The molecule has 2 heterocycles. The van der Waals surface area contributed by atoms with Crippen LogP contribution in [0.3, 0.4) is 0 Å². The Morgan fingerprint density at radius 1 is 1.35 bits per heavy atom. The number of hydrogen-bond acceptors (Lipinski definition) is 3. The molecule has 2 N–H and O–H groups in total. The number of aromatic nitrogens is 1. The molecule has 0 amide bonds. The summed E-state index contributed by atoms with van der Waals surface area (Å²) >= 11 is 0. The van der Waals surface area contributed by atoms with Crippen molar-refractivity contribution in [2.45, 2.75) is 26.8 Å². The van der Waals surface area contributed by atoms with Crippen LogP contribution in [0.25, 0.3) is 0 Å². The molecular weight excluding hydrogens is 210 g/mol. The highest BCUT2D eigenvalue weighted by Gasteiger charge is 2.31. The summed E-state index contributed by atoms with van der Waals surface area (Å²) in [5, 5.41) is 0. The van der Waals surface area contributed by atoms with E-state index in [-0.39, 0.29) is 0 Å². The van der Waals surface area contributed by atoms with E-state index in [1.807, 2.05) is 13.1 Å². The van der Waals surface area contributed by atoms with Crippen molar-refractivity contribution in [3.8, 4) is 0 Å². The van der Waals surface area contributed by atoms with Gasteiger partial charge in [0, 0.05) is 37.6 Å². The standard InChI is InChI=1S/C14H23N3/c1-10-8-17(9-11(10)2)14(6-15)13-5-4-12(3)16-7-13/h4-5,7,10-11,14H,6,8-9,15H2,1-3H3. The van der Waals surface area contributed by atoms with Crippen LogP contribution >= 0.6 is 0 Å².